The third kappa shape index (κ3) is 6.43. The summed E-state index contributed by atoms with van der Waals surface area (Å²) in [6, 6.07) is 10.2. The van der Waals surface area contributed by atoms with Crippen LogP contribution < -0.4 is 20.7 Å². The van der Waals surface area contributed by atoms with Crippen LogP contribution in [0, 0.1) is 6.92 Å². The Morgan fingerprint density at radius 3 is 2.33 bits per heavy atom. The van der Waals surface area contributed by atoms with Gasteiger partial charge in [-0.05, 0) is 67.8 Å². The van der Waals surface area contributed by atoms with Crippen LogP contribution in [0.1, 0.15) is 37.5 Å². The zero-order chi connectivity index (χ0) is 31.5. The molecule has 8 nitrogen and oxygen atoms in total. The van der Waals surface area contributed by atoms with Crippen molar-refractivity contribution in [3.8, 4) is 27.7 Å². The molecule has 2 N–H and O–H groups in total. The Morgan fingerprint density at radius 2 is 1.74 bits per heavy atom. The first-order valence-electron chi connectivity index (χ1n) is 12.8. The predicted molar refractivity (Wildman–Crippen MR) is 145 cm³/mol. The van der Waals surface area contributed by atoms with Crippen molar-refractivity contribution in [2.45, 2.75) is 64.1 Å². The lowest BCUT2D eigenvalue weighted by atomic mass is 9.89. The Bertz CT molecular complexity index is 1780. The van der Waals surface area contributed by atoms with Gasteiger partial charge in [0.25, 0.3) is 5.56 Å². The summed E-state index contributed by atoms with van der Waals surface area (Å²) in [5.74, 6) is -0.774. The van der Waals surface area contributed by atoms with Crippen LogP contribution >= 0.6 is 11.3 Å². The number of alkyl halides is 6. The van der Waals surface area contributed by atoms with E-state index in [4.69, 9.17) is 9.47 Å². The van der Waals surface area contributed by atoms with E-state index in [1.54, 1.807) is 24.3 Å². The maximum Gasteiger partial charge on any atom is 0.573 e. The quantitative estimate of drug-likeness (QED) is 0.224. The number of aromatic amines is 1. The van der Waals surface area contributed by atoms with Gasteiger partial charge in [-0.2, -0.15) is 13.2 Å². The van der Waals surface area contributed by atoms with Crippen LogP contribution in [0.5, 0.6) is 17.2 Å². The van der Waals surface area contributed by atoms with E-state index in [0.29, 0.717) is 15.9 Å². The molecule has 1 aliphatic rings. The minimum Gasteiger partial charge on any atom is -0.453 e. The highest BCUT2D eigenvalue weighted by atomic mass is 32.1. The van der Waals surface area contributed by atoms with Gasteiger partial charge in [0.05, 0.1) is 23.6 Å². The maximum atomic E-state index is 13.4. The molecule has 0 saturated carbocycles. The van der Waals surface area contributed by atoms with Gasteiger partial charge in [-0.1, -0.05) is 12.1 Å². The van der Waals surface area contributed by atoms with Crippen LogP contribution in [0.3, 0.4) is 0 Å². The van der Waals surface area contributed by atoms with E-state index >= 15 is 0 Å². The number of fused-ring (bicyclic) bond motifs is 1. The number of ether oxygens (including phenoxy) is 3. The minimum absolute atomic E-state index is 0.0997. The number of aliphatic hydroxyl groups is 1. The van der Waals surface area contributed by atoms with Crippen molar-refractivity contribution in [3.63, 3.8) is 0 Å². The molecule has 1 aliphatic heterocycles. The molecule has 43 heavy (non-hydrogen) atoms. The maximum absolute atomic E-state index is 13.4. The van der Waals surface area contributed by atoms with Crippen molar-refractivity contribution in [1.82, 2.24) is 9.55 Å². The predicted octanol–water partition coefficient (Wildman–Crippen LogP) is 6.58. The fraction of sp³-hybridized carbons (Fsp3) is 0.357. The summed E-state index contributed by atoms with van der Waals surface area (Å²) in [6.07, 6.45) is -12.3. The van der Waals surface area contributed by atoms with Crippen LogP contribution in [0.25, 0.3) is 20.7 Å². The SMILES string of the molecule is Cc1c(-c2ccc(Oc3ccc(C4CC(C)(C)O4)cc3)c(OC(F)(F)F)c2)sc2c1c(=O)[nH]c(=O)n2C[C@@H](O)C(F)(F)F. The number of benzene rings is 2. The number of hydrogen-bond donors (Lipinski definition) is 2. The van der Waals surface area contributed by atoms with E-state index in [2.05, 4.69) is 4.74 Å². The molecule has 0 radical (unpaired) electrons. The fourth-order valence-electron chi connectivity index (χ4n) is 4.82. The molecule has 1 saturated heterocycles. The number of rotatable bonds is 7. The van der Waals surface area contributed by atoms with E-state index in [-0.39, 0.29) is 49.4 Å². The number of H-pyrrole nitrogens is 1. The van der Waals surface area contributed by atoms with E-state index in [9.17, 15) is 41.0 Å². The molecule has 230 valence electrons. The first-order chi connectivity index (χ1) is 19.9. The van der Waals surface area contributed by atoms with Gasteiger partial charge in [0, 0.05) is 11.3 Å². The minimum atomic E-state index is -5.10. The van der Waals surface area contributed by atoms with Crippen molar-refractivity contribution in [2.75, 3.05) is 0 Å². The van der Waals surface area contributed by atoms with E-state index < -0.39 is 42.2 Å². The van der Waals surface area contributed by atoms with Crippen LogP contribution in [0.2, 0.25) is 0 Å². The first kappa shape index (κ1) is 30.6. The number of nitrogens with zero attached hydrogens (tertiary/aromatic N) is 1. The smallest absolute Gasteiger partial charge is 0.453 e. The third-order valence-electron chi connectivity index (χ3n) is 6.85. The summed E-state index contributed by atoms with van der Waals surface area (Å²) < 4.78 is 95.4. The van der Waals surface area contributed by atoms with Crippen molar-refractivity contribution in [3.05, 3.63) is 74.4 Å². The molecule has 15 heteroatoms. The zero-order valence-corrected chi connectivity index (χ0v) is 23.5. The average Bonchev–Trinajstić information content (AvgIpc) is 3.22. The monoisotopic (exact) mass is 630 g/mol. The van der Waals surface area contributed by atoms with Crippen molar-refractivity contribution >= 4 is 21.6 Å². The molecule has 1 unspecified atom stereocenters. The molecule has 0 bridgehead atoms. The Morgan fingerprint density at radius 1 is 1.09 bits per heavy atom. The number of aromatic nitrogens is 2. The van der Waals surface area contributed by atoms with Gasteiger partial charge >= 0.3 is 18.2 Å². The lowest BCUT2D eigenvalue weighted by molar-refractivity contribution is -0.275. The number of halogens is 6. The van der Waals surface area contributed by atoms with E-state index in [0.717, 1.165) is 18.1 Å². The van der Waals surface area contributed by atoms with E-state index in [1.165, 1.54) is 19.1 Å². The number of aryl methyl sites for hydroxylation is 1. The lowest BCUT2D eigenvalue weighted by Crippen LogP contribution is -2.39. The van der Waals surface area contributed by atoms with E-state index in [1.807, 2.05) is 18.8 Å². The molecule has 5 rings (SSSR count). The van der Waals surface area contributed by atoms with Crippen LogP contribution in [0.15, 0.2) is 52.1 Å². The van der Waals surface area contributed by atoms with Gasteiger partial charge < -0.3 is 19.3 Å². The van der Waals surface area contributed by atoms with Gasteiger partial charge in [-0.3, -0.25) is 14.3 Å². The van der Waals surface area contributed by atoms with Crippen LogP contribution in [-0.2, 0) is 11.3 Å². The molecule has 0 spiro atoms. The van der Waals surface area contributed by atoms with Gasteiger partial charge in [0.1, 0.15) is 10.6 Å². The summed E-state index contributed by atoms with van der Waals surface area (Å²) in [5.41, 5.74) is -1.13. The van der Waals surface area contributed by atoms with Crippen LogP contribution in [0.4, 0.5) is 26.3 Å². The number of nitrogens with one attached hydrogen (secondary N) is 1. The Balaban J connectivity index is 1.52. The summed E-state index contributed by atoms with van der Waals surface area (Å²) in [6.45, 7) is 4.15. The second-order valence-electron chi connectivity index (χ2n) is 10.6. The van der Waals surface area contributed by atoms with Gasteiger partial charge in [0.15, 0.2) is 17.6 Å². The Hall–Kier alpha value is -3.82. The molecule has 1 fully saturated rings. The van der Waals surface area contributed by atoms with Crippen molar-refractivity contribution in [1.29, 1.82) is 0 Å². The molecule has 0 amide bonds. The van der Waals surface area contributed by atoms with Crippen LogP contribution in [-0.4, -0.2) is 38.9 Å². The molecular weight excluding hydrogens is 606 g/mol. The normalized spacial score (nSPS) is 17.5. The number of aliphatic hydroxyl groups excluding tert-OH is 1. The fourth-order valence-corrected chi connectivity index (χ4v) is 6.12. The first-order valence-corrected chi connectivity index (χ1v) is 13.6. The summed E-state index contributed by atoms with van der Waals surface area (Å²) in [4.78, 5) is 26.9. The largest absolute Gasteiger partial charge is 0.573 e. The average molecular weight is 631 g/mol. The molecular formula is C28H24F6N2O6S. The Labute approximate surface area is 243 Å². The van der Waals surface area contributed by atoms with Gasteiger partial charge in [-0.25, -0.2) is 4.79 Å². The van der Waals surface area contributed by atoms with Gasteiger partial charge in [-0.15, -0.1) is 24.5 Å². The highest BCUT2D eigenvalue weighted by Crippen LogP contribution is 2.44. The third-order valence-corrected chi connectivity index (χ3v) is 8.21. The van der Waals surface area contributed by atoms with Crippen molar-refractivity contribution in [2.24, 2.45) is 0 Å². The summed E-state index contributed by atoms with van der Waals surface area (Å²) in [7, 11) is 0. The Kier molecular flexibility index (Phi) is 7.63. The summed E-state index contributed by atoms with van der Waals surface area (Å²) >= 11 is 0.708. The second-order valence-corrected chi connectivity index (χ2v) is 11.6. The molecule has 2 atom stereocenters. The van der Waals surface area contributed by atoms with Crippen molar-refractivity contribution < 1.29 is 45.7 Å². The highest BCUT2D eigenvalue weighted by molar-refractivity contribution is 7.22. The second kappa shape index (κ2) is 10.7. The zero-order valence-electron chi connectivity index (χ0n) is 22.7. The molecule has 4 aromatic rings. The number of hydrogen-bond acceptors (Lipinski definition) is 7. The molecule has 0 aliphatic carbocycles. The summed E-state index contributed by atoms with van der Waals surface area (Å²) in [5, 5.41) is 9.40. The molecule has 3 heterocycles. The highest BCUT2D eigenvalue weighted by Gasteiger charge is 2.40. The van der Waals surface area contributed by atoms with Gasteiger partial charge in [0.2, 0.25) is 0 Å². The molecule has 2 aromatic heterocycles. The lowest BCUT2D eigenvalue weighted by Gasteiger charge is -2.43. The standard InChI is InChI=1S/C28H24F6N2O6S/c1-13-21-23(38)35-25(39)36(12-20(37)27(29,30)31)24(21)43-22(13)15-6-9-17(18(10-15)42-28(32,33)34)40-16-7-4-14(5-8-16)19-11-26(2,3)41-19/h4-10,19-20,37H,11-12H2,1-3H3,(H,35,38,39)/t19?,20-/m1/s1. The topological polar surface area (TPSA) is 103 Å². The molecule has 2 aromatic carbocycles. The number of thiophene rings is 1.